The molecule has 0 saturated carbocycles. The predicted octanol–water partition coefficient (Wildman–Crippen LogP) is 2.61. The first-order valence-electron chi connectivity index (χ1n) is 7.72. The van der Waals surface area contributed by atoms with Crippen molar-refractivity contribution in [1.29, 1.82) is 0 Å². The number of carbonyl (C=O) groups excluding carboxylic acids is 1. The molecule has 8 heteroatoms. The number of amides is 1. The second-order valence-electron chi connectivity index (χ2n) is 5.52. The molecule has 2 aromatic carbocycles. The lowest BCUT2D eigenvalue weighted by atomic mass is 10.2. The number of nitrogens with one attached hydrogen (secondary N) is 1. The van der Waals surface area contributed by atoms with E-state index in [1.807, 2.05) is 0 Å². The summed E-state index contributed by atoms with van der Waals surface area (Å²) in [7, 11) is -3.79. The number of ether oxygens (including phenoxy) is 1. The quantitative estimate of drug-likeness (QED) is 0.884. The summed E-state index contributed by atoms with van der Waals surface area (Å²) in [6, 6.07) is 12.5. The maximum Gasteiger partial charge on any atom is 0.263 e. The zero-order valence-corrected chi connectivity index (χ0v) is 14.9. The molecule has 0 bridgehead atoms. The zero-order valence-electron chi connectivity index (χ0n) is 13.3. The number of carbonyl (C=O) groups is 1. The minimum Gasteiger partial charge on any atom is -0.378 e. The summed E-state index contributed by atoms with van der Waals surface area (Å²) >= 11 is 5.95. The van der Waals surface area contributed by atoms with Crippen molar-refractivity contribution in [2.75, 3.05) is 31.0 Å². The Morgan fingerprint density at radius 2 is 1.68 bits per heavy atom. The molecule has 0 aliphatic carbocycles. The van der Waals surface area contributed by atoms with Crippen molar-refractivity contribution in [3.8, 4) is 0 Å². The molecule has 2 aromatic rings. The number of anilines is 1. The van der Waals surface area contributed by atoms with Gasteiger partial charge < -0.3 is 9.64 Å². The molecule has 1 aliphatic heterocycles. The van der Waals surface area contributed by atoms with E-state index in [0.717, 1.165) is 0 Å². The fraction of sp³-hybridized carbons (Fsp3) is 0.235. The second-order valence-corrected chi connectivity index (χ2v) is 7.58. The second kappa shape index (κ2) is 7.43. The number of rotatable bonds is 4. The monoisotopic (exact) mass is 380 g/mol. The van der Waals surface area contributed by atoms with Crippen LogP contribution in [0.2, 0.25) is 5.02 Å². The van der Waals surface area contributed by atoms with Gasteiger partial charge in [0, 0.05) is 24.3 Å². The highest BCUT2D eigenvalue weighted by Gasteiger charge is 2.20. The summed E-state index contributed by atoms with van der Waals surface area (Å²) in [4.78, 5) is 14.1. The molecule has 0 aromatic heterocycles. The molecule has 0 atom stereocenters. The zero-order chi connectivity index (χ0) is 17.9. The van der Waals surface area contributed by atoms with Crippen LogP contribution in [0.5, 0.6) is 0 Å². The van der Waals surface area contributed by atoms with Gasteiger partial charge in [0.1, 0.15) is 4.90 Å². The van der Waals surface area contributed by atoms with Crippen LogP contribution in [0.3, 0.4) is 0 Å². The summed E-state index contributed by atoms with van der Waals surface area (Å²) in [5, 5.41) is 0.147. The Balaban J connectivity index is 1.74. The highest BCUT2D eigenvalue weighted by Crippen LogP contribution is 2.23. The maximum atomic E-state index is 12.4. The smallest absolute Gasteiger partial charge is 0.263 e. The molecule has 0 unspecified atom stereocenters. The molecule has 1 aliphatic rings. The number of sulfonamides is 1. The Bertz CT molecular complexity index is 862. The highest BCUT2D eigenvalue weighted by molar-refractivity contribution is 7.92. The van der Waals surface area contributed by atoms with Crippen molar-refractivity contribution in [3.63, 3.8) is 0 Å². The van der Waals surface area contributed by atoms with Crippen molar-refractivity contribution in [2.45, 2.75) is 4.90 Å². The van der Waals surface area contributed by atoms with Gasteiger partial charge in [-0.15, -0.1) is 0 Å². The largest absolute Gasteiger partial charge is 0.378 e. The lowest BCUT2D eigenvalue weighted by Gasteiger charge is -2.26. The van der Waals surface area contributed by atoms with Crippen LogP contribution in [0, 0.1) is 0 Å². The third-order valence-corrected chi connectivity index (χ3v) is 5.69. The van der Waals surface area contributed by atoms with E-state index in [1.165, 1.54) is 12.1 Å². The van der Waals surface area contributed by atoms with E-state index in [4.69, 9.17) is 16.3 Å². The lowest BCUT2D eigenvalue weighted by Crippen LogP contribution is -2.40. The summed E-state index contributed by atoms with van der Waals surface area (Å²) in [5.41, 5.74) is 0.862. The van der Waals surface area contributed by atoms with Crippen molar-refractivity contribution in [2.24, 2.45) is 0 Å². The number of nitrogens with zero attached hydrogens (tertiary/aromatic N) is 1. The fourth-order valence-electron chi connectivity index (χ4n) is 2.50. The van der Waals surface area contributed by atoms with E-state index < -0.39 is 10.0 Å². The molecule has 132 valence electrons. The van der Waals surface area contributed by atoms with Gasteiger partial charge in [0.2, 0.25) is 0 Å². The molecule has 1 fully saturated rings. The van der Waals surface area contributed by atoms with Gasteiger partial charge in [0.15, 0.2) is 0 Å². The van der Waals surface area contributed by atoms with E-state index in [9.17, 15) is 13.2 Å². The number of hydrogen-bond acceptors (Lipinski definition) is 4. The van der Waals surface area contributed by atoms with Crippen molar-refractivity contribution < 1.29 is 17.9 Å². The molecule has 3 rings (SSSR count). The lowest BCUT2D eigenvalue weighted by molar-refractivity contribution is 0.0303. The van der Waals surface area contributed by atoms with E-state index in [0.29, 0.717) is 37.6 Å². The minimum atomic E-state index is -3.79. The summed E-state index contributed by atoms with van der Waals surface area (Å²) < 4.78 is 32.5. The normalized spacial score (nSPS) is 15.0. The van der Waals surface area contributed by atoms with Crippen LogP contribution in [-0.4, -0.2) is 45.5 Å². The molecule has 1 heterocycles. The van der Waals surface area contributed by atoms with Crippen LogP contribution in [0.1, 0.15) is 10.4 Å². The van der Waals surface area contributed by atoms with E-state index in [-0.39, 0.29) is 15.8 Å². The average Bonchev–Trinajstić information content (AvgIpc) is 2.62. The topological polar surface area (TPSA) is 75.7 Å². The van der Waals surface area contributed by atoms with Gasteiger partial charge in [-0.2, -0.15) is 0 Å². The molecule has 0 spiro atoms. The van der Waals surface area contributed by atoms with Crippen molar-refractivity contribution in [1.82, 2.24) is 4.90 Å². The van der Waals surface area contributed by atoms with Crippen LogP contribution in [0.25, 0.3) is 0 Å². The first-order valence-corrected chi connectivity index (χ1v) is 9.58. The Labute approximate surface area is 151 Å². The highest BCUT2D eigenvalue weighted by atomic mass is 35.5. The molecule has 25 heavy (non-hydrogen) atoms. The van der Waals surface area contributed by atoms with Crippen molar-refractivity contribution >= 4 is 33.2 Å². The summed E-state index contributed by atoms with van der Waals surface area (Å²) in [5.74, 6) is -0.0937. The van der Waals surface area contributed by atoms with Gasteiger partial charge in [-0.1, -0.05) is 23.7 Å². The Hall–Kier alpha value is -2.09. The molecule has 6 nitrogen and oxygen atoms in total. The van der Waals surface area contributed by atoms with E-state index in [1.54, 1.807) is 41.3 Å². The Morgan fingerprint density at radius 3 is 2.32 bits per heavy atom. The van der Waals surface area contributed by atoms with Gasteiger partial charge in [-0.05, 0) is 36.4 Å². The number of morpholine rings is 1. The number of halogens is 1. The molecular formula is C17H17ClN2O4S. The van der Waals surface area contributed by atoms with Crippen LogP contribution in [0.15, 0.2) is 53.4 Å². The Kier molecular flexibility index (Phi) is 5.27. The first-order chi connectivity index (χ1) is 12.0. The average molecular weight is 381 g/mol. The van der Waals surface area contributed by atoms with Gasteiger partial charge >= 0.3 is 0 Å². The molecule has 1 N–H and O–H groups in total. The summed E-state index contributed by atoms with van der Waals surface area (Å²) in [6.45, 7) is 2.17. The van der Waals surface area contributed by atoms with Gasteiger partial charge in [-0.3, -0.25) is 9.52 Å². The van der Waals surface area contributed by atoms with Crippen LogP contribution >= 0.6 is 11.6 Å². The number of benzene rings is 2. The maximum absolute atomic E-state index is 12.4. The fourth-order valence-corrected chi connectivity index (χ4v) is 4.08. The molecule has 1 amide bonds. The minimum absolute atomic E-state index is 0.00476. The predicted molar refractivity (Wildman–Crippen MR) is 95.4 cm³/mol. The van der Waals surface area contributed by atoms with E-state index >= 15 is 0 Å². The standard InChI is InChI=1S/C17H17ClN2O4S/c18-15-3-1-2-4-16(15)25(22,23)19-14-7-5-13(6-8-14)17(21)20-9-11-24-12-10-20/h1-8,19H,9-12H2. The van der Waals surface area contributed by atoms with Gasteiger partial charge in [0.25, 0.3) is 15.9 Å². The molecule has 0 radical (unpaired) electrons. The van der Waals surface area contributed by atoms with Crippen molar-refractivity contribution in [3.05, 3.63) is 59.1 Å². The first kappa shape index (κ1) is 17.7. The SMILES string of the molecule is O=C(c1ccc(NS(=O)(=O)c2ccccc2Cl)cc1)N1CCOCC1. The van der Waals surface area contributed by atoms with Gasteiger partial charge in [-0.25, -0.2) is 8.42 Å². The van der Waals surface area contributed by atoms with Crippen LogP contribution in [-0.2, 0) is 14.8 Å². The van der Waals surface area contributed by atoms with Crippen LogP contribution in [0.4, 0.5) is 5.69 Å². The third-order valence-electron chi connectivity index (χ3n) is 3.81. The third kappa shape index (κ3) is 4.12. The molecular weight excluding hydrogens is 364 g/mol. The van der Waals surface area contributed by atoms with E-state index in [2.05, 4.69) is 4.72 Å². The van der Waals surface area contributed by atoms with Crippen LogP contribution < -0.4 is 4.72 Å². The Morgan fingerprint density at radius 1 is 1.04 bits per heavy atom. The van der Waals surface area contributed by atoms with Gasteiger partial charge in [0.05, 0.1) is 18.2 Å². The summed E-state index contributed by atoms with van der Waals surface area (Å²) in [6.07, 6.45) is 0. The molecule has 1 saturated heterocycles. The number of hydrogen-bond donors (Lipinski definition) is 1.